The standard InChI is InChI=1S/C14H18FN3O2/c15-11-5-3-4-10(8-11)9-13(19)18-7-2-1-6-12(18)14(16)17-20/h3-5,8,12,20H,1-2,6-7,9H2,(H2,16,17). The van der Waals surface area contributed by atoms with E-state index >= 15 is 0 Å². The molecule has 0 saturated carbocycles. The third-order valence-corrected chi connectivity index (χ3v) is 3.52. The average molecular weight is 279 g/mol. The molecule has 3 N–H and O–H groups in total. The van der Waals surface area contributed by atoms with E-state index in [1.165, 1.54) is 12.1 Å². The normalized spacial score (nSPS) is 19.9. The molecule has 0 aliphatic carbocycles. The summed E-state index contributed by atoms with van der Waals surface area (Å²) in [7, 11) is 0. The van der Waals surface area contributed by atoms with E-state index in [0.717, 1.165) is 12.8 Å². The number of amidine groups is 1. The van der Waals surface area contributed by atoms with Crippen LogP contribution in [0.25, 0.3) is 0 Å². The van der Waals surface area contributed by atoms with Crippen LogP contribution in [0.4, 0.5) is 4.39 Å². The predicted molar refractivity (Wildman–Crippen MR) is 72.9 cm³/mol. The molecular weight excluding hydrogens is 261 g/mol. The molecule has 1 saturated heterocycles. The first-order valence-electron chi connectivity index (χ1n) is 6.63. The molecule has 108 valence electrons. The molecule has 5 nitrogen and oxygen atoms in total. The number of carbonyl (C=O) groups excluding carboxylic acids is 1. The Morgan fingerprint density at radius 3 is 3.00 bits per heavy atom. The van der Waals surface area contributed by atoms with Crippen molar-refractivity contribution in [3.63, 3.8) is 0 Å². The molecule has 1 aliphatic rings. The van der Waals surface area contributed by atoms with Crippen molar-refractivity contribution in [1.82, 2.24) is 4.90 Å². The van der Waals surface area contributed by atoms with E-state index in [2.05, 4.69) is 5.16 Å². The van der Waals surface area contributed by atoms with Crippen molar-refractivity contribution in [2.75, 3.05) is 6.54 Å². The van der Waals surface area contributed by atoms with E-state index in [1.807, 2.05) is 0 Å². The van der Waals surface area contributed by atoms with Gasteiger partial charge in [0.1, 0.15) is 5.82 Å². The van der Waals surface area contributed by atoms with Crippen molar-refractivity contribution in [1.29, 1.82) is 0 Å². The molecule has 1 aliphatic heterocycles. The number of benzene rings is 1. The lowest BCUT2D eigenvalue weighted by molar-refractivity contribution is -0.132. The van der Waals surface area contributed by atoms with Crippen LogP contribution in [0.2, 0.25) is 0 Å². The van der Waals surface area contributed by atoms with Crippen LogP contribution in [0.15, 0.2) is 29.4 Å². The van der Waals surface area contributed by atoms with Crippen molar-refractivity contribution in [2.24, 2.45) is 10.9 Å². The first-order valence-corrected chi connectivity index (χ1v) is 6.63. The summed E-state index contributed by atoms with van der Waals surface area (Å²) in [6.07, 6.45) is 2.63. The first-order chi connectivity index (χ1) is 9.61. The highest BCUT2D eigenvalue weighted by Gasteiger charge is 2.29. The van der Waals surface area contributed by atoms with Gasteiger partial charge < -0.3 is 15.8 Å². The first kappa shape index (κ1) is 14.3. The minimum Gasteiger partial charge on any atom is -0.409 e. The summed E-state index contributed by atoms with van der Waals surface area (Å²) in [6, 6.07) is 5.61. The highest BCUT2D eigenvalue weighted by atomic mass is 19.1. The Labute approximate surface area is 116 Å². The molecule has 1 atom stereocenters. The predicted octanol–water partition coefficient (Wildman–Crippen LogP) is 1.50. The van der Waals surface area contributed by atoms with Gasteiger partial charge in [0.05, 0.1) is 12.5 Å². The van der Waals surface area contributed by atoms with E-state index in [1.54, 1.807) is 17.0 Å². The summed E-state index contributed by atoms with van der Waals surface area (Å²) in [5, 5.41) is 11.8. The summed E-state index contributed by atoms with van der Waals surface area (Å²) in [4.78, 5) is 13.9. The van der Waals surface area contributed by atoms with Crippen molar-refractivity contribution < 1.29 is 14.4 Å². The van der Waals surface area contributed by atoms with Crippen molar-refractivity contribution in [2.45, 2.75) is 31.7 Å². The number of hydrogen-bond acceptors (Lipinski definition) is 3. The molecule has 0 radical (unpaired) electrons. The molecule has 1 aromatic rings. The Bertz CT molecular complexity index is 519. The van der Waals surface area contributed by atoms with E-state index in [-0.39, 0.29) is 30.0 Å². The molecule has 0 bridgehead atoms. The number of nitrogens with zero attached hydrogens (tertiary/aromatic N) is 2. The SMILES string of the molecule is NC(=NO)C1CCCCN1C(=O)Cc1cccc(F)c1. The maximum Gasteiger partial charge on any atom is 0.227 e. The van der Waals surface area contributed by atoms with Crippen LogP contribution < -0.4 is 5.73 Å². The molecule has 1 unspecified atom stereocenters. The molecule has 0 aromatic heterocycles. The largest absolute Gasteiger partial charge is 0.409 e. The highest BCUT2D eigenvalue weighted by molar-refractivity contribution is 5.90. The van der Waals surface area contributed by atoms with Gasteiger partial charge in [-0.05, 0) is 37.0 Å². The van der Waals surface area contributed by atoms with Gasteiger partial charge in [0, 0.05) is 6.54 Å². The van der Waals surface area contributed by atoms with Gasteiger partial charge in [-0.25, -0.2) is 4.39 Å². The Morgan fingerprint density at radius 2 is 2.30 bits per heavy atom. The van der Waals surface area contributed by atoms with E-state index in [4.69, 9.17) is 10.9 Å². The lowest BCUT2D eigenvalue weighted by Crippen LogP contribution is -2.51. The zero-order valence-electron chi connectivity index (χ0n) is 11.1. The number of hydrogen-bond donors (Lipinski definition) is 2. The molecular formula is C14H18FN3O2. The van der Waals surface area contributed by atoms with Crippen LogP contribution in [0.5, 0.6) is 0 Å². The molecule has 1 fully saturated rings. The molecule has 1 amide bonds. The van der Waals surface area contributed by atoms with Gasteiger partial charge in [0.25, 0.3) is 0 Å². The number of likely N-dealkylation sites (tertiary alicyclic amines) is 1. The number of carbonyl (C=O) groups is 1. The van der Waals surface area contributed by atoms with Gasteiger partial charge >= 0.3 is 0 Å². The second-order valence-corrected chi connectivity index (χ2v) is 4.93. The molecule has 1 aromatic carbocycles. The lowest BCUT2D eigenvalue weighted by Gasteiger charge is -2.34. The van der Waals surface area contributed by atoms with Crippen LogP contribution in [-0.4, -0.2) is 34.4 Å². The minimum absolute atomic E-state index is 0.0530. The topological polar surface area (TPSA) is 78.9 Å². The minimum atomic E-state index is -0.366. The Morgan fingerprint density at radius 1 is 1.50 bits per heavy atom. The van der Waals surface area contributed by atoms with Gasteiger partial charge in [-0.3, -0.25) is 4.79 Å². The fraction of sp³-hybridized carbons (Fsp3) is 0.429. The van der Waals surface area contributed by atoms with Gasteiger partial charge in [-0.1, -0.05) is 17.3 Å². The Hall–Kier alpha value is -2.11. The number of oxime groups is 1. The summed E-state index contributed by atoms with van der Waals surface area (Å²) >= 11 is 0. The summed E-state index contributed by atoms with van der Waals surface area (Å²) in [5.74, 6) is -0.439. The highest BCUT2D eigenvalue weighted by Crippen LogP contribution is 2.19. The average Bonchev–Trinajstić information content (AvgIpc) is 2.46. The van der Waals surface area contributed by atoms with Crippen LogP contribution >= 0.6 is 0 Å². The Balaban J connectivity index is 2.10. The van der Waals surface area contributed by atoms with E-state index < -0.39 is 0 Å². The number of rotatable bonds is 3. The molecule has 2 rings (SSSR count). The third-order valence-electron chi connectivity index (χ3n) is 3.52. The van der Waals surface area contributed by atoms with E-state index in [9.17, 15) is 9.18 Å². The maximum absolute atomic E-state index is 13.1. The van der Waals surface area contributed by atoms with Crippen LogP contribution in [0.3, 0.4) is 0 Å². The zero-order valence-corrected chi connectivity index (χ0v) is 11.1. The fourth-order valence-corrected chi connectivity index (χ4v) is 2.53. The van der Waals surface area contributed by atoms with Crippen LogP contribution in [0.1, 0.15) is 24.8 Å². The molecule has 0 spiro atoms. The number of halogens is 1. The van der Waals surface area contributed by atoms with Crippen molar-refractivity contribution >= 4 is 11.7 Å². The summed E-state index contributed by atoms with van der Waals surface area (Å²) in [6.45, 7) is 0.578. The van der Waals surface area contributed by atoms with E-state index in [0.29, 0.717) is 18.5 Å². The molecule has 20 heavy (non-hydrogen) atoms. The Kier molecular flexibility index (Phi) is 4.55. The monoisotopic (exact) mass is 279 g/mol. The smallest absolute Gasteiger partial charge is 0.227 e. The second-order valence-electron chi connectivity index (χ2n) is 4.93. The summed E-state index contributed by atoms with van der Waals surface area (Å²) < 4.78 is 13.1. The number of nitrogens with two attached hydrogens (primary N) is 1. The summed E-state index contributed by atoms with van der Waals surface area (Å²) in [5.41, 5.74) is 6.26. The zero-order chi connectivity index (χ0) is 14.5. The number of amides is 1. The third kappa shape index (κ3) is 3.26. The van der Waals surface area contributed by atoms with Gasteiger partial charge in [-0.2, -0.15) is 0 Å². The maximum atomic E-state index is 13.1. The quantitative estimate of drug-likeness (QED) is 0.381. The van der Waals surface area contributed by atoms with Gasteiger partial charge in [0.15, 0.2) is 5.84 Å². The van der Waals surface area contributed by atoms with Crippen LogP contribution in [0, 0.1) is 5.82 Å². The van der Waals surface area contributed by atoms with Crippen LogP contribution in [-0.2, 0) is 11.2 Å². The number of piperidine rings is 1. The van der Waals surface area contributed by atoms with Crippen molar-refractivity contribution in [3.05, 3.63) is 35.6 Å². The van der Waals surface area contributed by atoms with Gasteiger partial charge in [0.2, 0.25) is 5.91 Å². The lowest BCUT2D eigenvalue weighted by atomic mass is 10.00. The molecule has 1 heterocycles. The second kappa shape index (κ2) is 6.36. The van der Waals surface area contributed by atoms with Gasteiger partial charge in [-0.15, -0.1) is 0 Å². The molecule has 6 heteroatoms. The van der Waals surface area contributed by atoms with Crippen molar-refractivity contribution in [3.8, 4) is 0 Å². The fourth-order valence-electron chi connectivity index (χ4n) is 2.53.